The molecule has 0 amide bonds. The van der Waals surface area contributed by atoms with Crippen LogP contribution in [0.5, 0.6) is 0 Å². The average molecular weight is 502 g/mol. The Morgan fingerprint density at radius 3 is 2.37 bits per heavy atom. The summed E-state index contributed by atoms with van der Waals surface area (Å²) in [5.41, 5.74) is 0.624. The fourth-order valence-corrected chi connectivity index (χ4v) is 4.72. The number of aliphatic hydroxyl groups is 1. The highest BCUT2D eigenvalue weighted by molar-refractivity contribution is 9.10. The molecule has 2 aromatic heterocycles. The maximum absolute atomic E-state index is 13.1. The summed E-state index contributed by atoms with van der Waals surface area (Å²) in [7, 11) is 0. The number of alkyl halides is 3. The van der Waals surface area contributed by atoms with E-state index in [0.717, 1.165) is 10.0 Å². The number of benzene rings is 1. The van der Waals surface area contributed by atoms with Crippen molar-refractivity contribution in [2.45, 2.75) is 18.6 Å². The molecule has 160 valence electrons. The molecule has 1 unspecified atom stereocenters. The summed E-state index contributed by atoms with van der Waals surface area (Å²) in [4.78, 5) is 16.3. The molecule has 11 heteroatoms. The van der Waals surface area contributed by atoms with Gasteiger partial charge in [-0.15, -0.1) is 0 Å². The quantitative estimate of drug-likeness (QED) is 0.584. The van der Waals surface area contributed by atoms with Crippen LogP contribution in [0.4, 0.5) is 19.0 Å². The van der Waals surface area contributed by atoms with E-state index in [1.165, 1.54) is 6.33 Å². The lowest BCUT2D eigenvalue weighted by Crippen LogP contribution is -2.56. The van der Waals surface area contributed by atoms with Crippen molar-refractivity contribution in [3.8, 4) is 0 Å². The maximum atomic E-state index is 13.1. The molecule has 4 rings (SSSR count). The van der Waals surface area contributed by atoms with E-state index in [9.17, 15) is 18.3 Å². The van der Waals surface area contributed by atoms with Gasteiger partial charge in [0.05, 0.1) is 12.1 Å². The number of nitrogens with zero attached hydrogens (tertiary/aromatic N) is 5. The van der Waals surface area contributed by atoms with E-state index in [1.54, 1.807) is 0 Å². The van der Waals surface area contributed by atoms with E-state index in [1.807, 2.05) is 36.1 Å². The zero-order chi connectivity index (χ0) is 21.5. The van der Waals surface area contributed by atoms with Gasteiger partial charge in [-0.25, -0.2) is 15.0 Å². The summed E-state index contributed by atoms with van der Waals surface area (Å²) in [6, 6.07) is 7.85. The highest BCUT2D eigenvalue weighted by Crippen LogP contribution is 2.37. The molecule has 1 N–H and O–H groups in total. The Kier molecular flexibility index (Phi) is 5.73. The van der Waals surface area contributed by atoms with Gasteiger partial charge in [-0.3, -0.25) is 4.90 Å². The smallest absolute Gasteiger partial charge is 0.394 e. The van der Waals surface area contributed by atoms with Crippen molar-refractivity contribution in [2.24, 2.45) is 0 Å². The Morgan fingerprint density at radius 1 is 1.10 bits per heavy atom. The molecule has 0 aliphatic carbocycles. The van der Waals surface area contributed by atoms with Crippen LogP contribution in [0, 0.1) is 0 Å². The first-order chi connectivity index (χ1) is 14.2. The summed E-state index contributed by atoms with van der Waals surface area (Å²) >= 11 is 3.96. The molecule has 0 bridgehead atoms. The molecule has 30 heavy (non-hydrogen) atoms. The third-order valence-electron chi connectivity index (χ3n) is 5.47. The second-order valence-electron chi connectivity index (χ2n) is 7.28. The lowest BCUT2D eigenvalue weighted by molar-refractivity contribution is -0.137. The van der Waals surface area contributed by atoms with Gasteiger partial charge in [0.2, 0.25) is 5.01 Å². The summed E-state index contributed by atoms with van der Waals surface area (Å²) in [5, 5.41) is 9.25. The third kappa shape index (κ3) is 3.91. The molecule has 1 aliphatic rings. The van der Waals surface area contributed by atoms with Crippen LogP contribution < -0.4 is 4.90 Å². The van der Waals surface area contributed by atoms with Crippen LogP contribution in [0.3, 0.4) is 0 Å². The number of aromatic nitrogens is 3. The minimum Gasteiger partial charge on any atom is -0.394 e. The zero-order valence-corrected chi connectivity index (χ0v) is 18.4. The first kappa shape index (κ1) is 21.4. The zero-order valence-electron chi connectivity index (χ0n) is 16.0. The molecule has 3 heterocycles. The molecule has 0 radical (unpaired) electrons. The first-order valence-corrected chi connectivity index (χ1v) is 10.9. The van der Waals surface area contributed by atoms with E-state index in [-0.39, 0.29) is 17.0 Å². The van der Waals surface area contributed by atoms with Gasteiger partial charge in [-0.1, -0.05) is 39.4 Å². The van der Waals surface area contributed by atoms with Gasteiger partial charge in [-0.05, 0) is 24.6 Å². The average Bonchev–Trinajstić information content (AvgIpc) is 3.19. The fraction of sp³-hybridized carbons (Fsp3) is 0.421. The fourth-order valence-electron chi connectivity index (χ4n) is 3.69. The van der Waals surface area contributed by atoms with Crippen LogP contribution in [-0.2, 0) is 11.7 Å². The van der Waals surface area contributed by atoms with Gasteiger partial charge in [0.1, 0.15) is 16.7 Å². The van der Waals surface area contributed by atoms with Gasteiger partial charge in [0.15, 0.2) is 5.82 Å². The van der Waals surface area contributed by atoms with Crippen LogP contribution in [0.25, 0.3) is 10.3 Å². The summed E-state index contributed by atoms with van der Waals surface area (Å²) in [6.07, 6.45) is -3.23. The minimum atomic E-state index is -4.51. The van der Waals surface area contributed by atoms with Gasteiger partial charge in [0, 0.05) is 30.7 Å². The molecule has 1 aromatic carbocycles. The van der Waals surface area contributed by atoms with E-state index in [0.29, 0.717) is 43.3 Å². The first-order valence-electron chi connectivity index (χ1n) is 9.28. The van der Waals surface area contributed by atoms with Crippen molar-refractivity contribution in [1.82, 2.24) is 19.9 Å². The van der Waals surface area contributed by atoms with Crippen LogP contribution in [0.15, 0.2) is 35.1 Å². The largest absolute Gasteiger partial charge is 0.443 e. The molecule has 1 atom stereocenters. The Labute approximate surface area is 183 Å². The monoisotopic (exact) mass is 501 g/mol. The molecule has 1 fully saturated rings. The highest BCUT2D eigenvalue weighted by atomic mass is 79.9. The molecular weight excluding hydrogens is 483 g/mol. The number of piperazine rings is 1. The molecule has 0 saturated carbocycles. The topological polar surface area (TPSA) is 65.4 Å². The van der Waals surface area contributed by atoms with E-state index in [4.69, 9.17) is 0 Å². The van der Waals surface area contributed by atoms with E-state index in [2.05, 4.69) is 35.8 Å². The number of halogens is 4. The minimum absolute atomic E-state index is 0.0482. The molecule has 1 aliphatic heterocycles. The Hall–Kier alpha value is -1.82. The number of aliphatic hydroxyl groups excluding tert-OH is 1. The molecule has 0 spiro atoms. The van der Waals surface area contributed by atoms with E-state index >= 15 is 0 Å². The number of thiazole rings is 1. The van der Waals surface area contributed by atoms with Gasteiger partial charge in [-0.2, -0.15) is 13.2 Å². The maximum Gasteiger partial charge on any atom is 0.443 e. The normalized spacial score (nSPS) is 18.0. The predicted octanol–water partition coefficient (Wildman–Crippen LogP) is 3.90. The number of rotatable bonds is 4. The Balaban J connectivity index is 1.56. The second kappa shape index (κ2) is 8.03. The number of hydrogen-bond acceptors (Lipinski definition) is 7. The lowest BCUT2D eigenvalue weighted by atomic mass is 9.90. The van der Waals surface area contributed by atoms with Crippen LogP contribution >= 0.6 is 27.3 Å². The highest BCUT2D eigenvalue weighted by Gasteiger charge is 2.38. The Morgan fingerprint density at radius 2 is 1.77 bits per heavy atom. The van der Waals surface area contributed by atoms with Crippen molar-refractivity contribution >= 4 is 43.4 Å². The molecule has 3 aromatic rings. The number of anilines is 1. The lowest BCUT2D eigenvalue weighted by Gasteiger charge is -2.45. The van der Waals surface area contributed by atoms with Crippen molar-refractivity contribution in [3.63, 3.8) is 0 Å². The SMILES string of the molecule is CC(CO)(c1ccc(Br)cc1)N1CCN(c2ncnc3sc(C(F)(F)F)nc23)CC1. The van der Waals surface area contributed by atoms with Crippen molar-refractivity contribution < 1.29 is 18.3 Å². The van der Waals surface area contributed by atoms with Crippen LogP contribution in [0.2, 0.25) is 0 Å². The second-order valence-corrected chi connectivity index (χ2v) is 9.17. The van der Waals surface area contributed by atoms with Crippen LogP contribution in [0.1, 0.15) is 17.5 Å². The van der Waals surface area contributed by atoms with Gasteiger partial charge < -0.3 is 10.0 Å². The number of fused-ring (bicyclic) bond motifs is 1. The van der Waals surface area contributed by atoms with Crippen molar-refractivity contribution in [2.75, 3.05) is 37.7 Å². The van der Waals surface area contributed by atoms with Gasteiger partial charge >= 0.3 is 6.18 Å². The molecule has 6 nitrogen and oxygen atoms in total. The third-order valence-corrected chi connectivity index (χ3v) is 7.01. The summed E-state index contributed by atoms with van der Waals surface area (Å²) in [6.45, 7) is 4.29. The summed E-state index contributed by atoms with van der Waals surface area (Å²) in [5.74, 6) is 0.417. The van der Waals surface area contributed by atoms with Gasteiger partial charge in [0.25, 0.3) is 0 Å². The molecular formula is C19H19BrF3N5OS. The van der Waals surface area contributed by atoms with Crippen molar-refractivity contribution in [1.29, 1.82) is 0 Å². The standard InChI is InChI=1S/C19H19BrF3N5OS/c1-18(10-29,12-2-4-13(20)5-3-12)28-8-6-27(7-9-28)15-14-16(25-11-24-15)30-17(26-14)19(21,22)23/h2-5,11,29H,6-10H2,1H3. The predicted molar refractivity (Wildman–Crippen MR) is 113 cm³/mol. The van der Waals surface area contributed by atoms with Crippen LogP contribution in [-0.4, -0.2) is 57.7 Å². The Bertz CT molecular complexity index is 1040. The summed E-state index contributed by atoms with van der Waals surface area (Å²) < 4.78 is 40.1. The molecule has 1 saturated heterocycles. The number of hydrogen-bond donors (Lipinski definition) is 1. The van der Waals surface area contributed by atoms with Crippen molar-refractivity contribution in [3.05, 3.63) is 45.6 Å². The van der Waals surface area contributed by atoms with E-state index < -0.39 is 16.7 Å².